The van der Waals surface area contributed by atoms with E-state index >= 15 is 0 Å². The standard InChI is InChI=1S/C34H50N2O7/c1-32(2,3)42-27(38)13-11-23(31(39)43-33(4,5)6)35-22-10-9-21-24-16-19-8-12-25(37)29-28(19)34(21,30(22)41-29)14-15-36(24)18-20-17-26(20)40-7/h8,12,20-24,26,30,35,37H,9-11,13-18H2,1-7H3/t20?,21-,22+,23-,24+,26?,30-,34-/m0/s1. The smallest absolute Gasteiger partial charge is 0.323 e. The van der Waals surface area contributed by atoms with Crippen molar-refractivity contribution in [2.45, 2.75) is 133 Å². The van der Waals surface area contributed by atoms with Gasteiger partial charge in [-0.2, -0.15) is 0 Å². The minimum absolute atomic E-state index is 0.103. The highest BCUT2D eigenvalue weighted by Gasteiger charge is 2.66. The normalized spacial score (nSPS) is 33.3. The summed E-state index contributed by atoms with van der Waals surface area (Å²) in [5.41, 5.74) is 0.978. The summed E-state index contributed by atoms with van der Waals surface area (Å²) < 4.78 is 23.8. The molecule has 2 aliphatic heterocycles. The summed E-state index contributed by atoms with van der Waals surface area (Å²) >= 11 is 0. The molecule has 2 unspecified atom stereocenters. The molecule has 3 fully saturated rings. The van der Waals surface area contributed by atoms with E-state index in [-0.39, 0.29) is 48.1 Å². The second-order valence-electron chi connectivity index (χ2n) is 15.5. The van der Waals surface area contributed by atoms with Gasteiger partial charge in [0.25, 0.3) is 0 Å². The maximum atomic E-state index is 13.5. The fraction of sp³-hybridized carbons (Fsp3) is 0.765. The molecule has 1 aromatic rings. The molecule has 1 aromatic carbocycles. The first-order valence-electron chi connectivity index (χ1n) is 16.2. The summed E-state index contributed by atoms with van der Waals surface area (Å²) in [6, 6.07) is 3.45. The van der Waals surface area contributed by atoms with Gasteiger partial charge in [0.1, 0.15) is 23.3 Å². The Balaban J connectivity index is 1.27. The number of aromatic hydroxyl groups is 1. The number of methoxy groups -OCH3 is 1. The average molecular weight is 599 g/mol. The van der Waals surface area contributed by atoms with Gasteiger partial charge in [-0.1, -0.05) is 6.07 Å². The van der Waals surface area contributed by atoms with E-state index in [1.54, 1.807) is 6.07 Å². The molecule has 2 saturated carbocycles. The molecule has 2 N–H and O–H groups in total. The Morgan fingerprint density at radius 1 is 1.14 bits per heavy atom. The van der Waals surface area contributed by atoms with Gasteiger partial charge in [-0.3, -0.25) is 19.8 Å². The minimum atomic E-state index is -0.689. The quantitative estimate of drug-likeness (QED) is 0.404. The van der Waals surface area contributed by atoms with Crippen molar-refractivity contribution in [1.29, 1.82) is 0 Å². The van der Waals surface area contributed by atoms with Crippen molar-refractivity contribution in [1.82, 2.24) is 10.2 Å². The highest BCUT2D eigenvalue weighted by molar-refractivity contribution is 5.78. The maximum Gasteiger partial charge on any atom is 0.323 e. The van der Waals surface area contributed by atoms with Crippen molar-refractivity contribution in [3.63, 3.8) is 0 Å². The van der Waals surface area contributed by atoms with Gasteiger partial charge < -0.3 is 24.1 Å². The molecule has 0 aromatic heterocycles. The SMILES string of the molecule is COC1CC1CN1CC[C@]23c4c5ccc(O)c4O[C@H]2[C@H](N[C@@H](CCC(=O)OC(C)(C)C)C(=O)OC(C)(C)C)CC[C@H]3[C@H]1C5. The van der Waals surface area contributed by atoms with Crippen molar-refractivity contribution in [2.75, 3.05) is 20.2 Å². The molecule has 1 saturated heterocycles. The Morgan fingerprint density at radius 2 is 1.88 bits per heavy atom. The van der Waals surface area contributed by atoms with Crippen molar-refractivity contribution in [2.24, 2.45) is 11.8 Å². The zero-order valence-electron chi connectivity index (χ0n) is 26.9. The summed E-state index contributed by atoms with van der Waals surface area (Å²) in [6.07, 6.45) is 5.40. The second kappa shape index (κ2) is 10.9. The Labute approximate surface area is 256 Å². The van der Waals surface area contributed by atoms with Crippen LogP contribution in [0.25, 0.3) is 0 Å². The van der Waals surface area contributed by atoms with Crippen LogP contribution in [-0.4, -0.2) is 83.7 Å². The lowest BCUT2D eigenvalue weighted by molar-refractivity contribution is -0.159. The molecule has 43 heavy (non-hydrogen) atoms. The van der Waals surface area contributed by atoms with E-state index in [1.807, 2.05) is 48.7 Å². The number of phenolic OH excluding ortho intramolecular Hbond substituents is 1. The fourth-order valence-electron chi connectivity index (χ4n) is 8.58. The molecule has 2 heterocycles. The van der Waals surface area contributed by atoms with Gasteiger partial charge in [0.05, 0.1) is 6.10 Å². The summed E-state index contributed by atoms with van der Waals surface area (Å²) in [7, 11) is 1.81. The number of hydrogen-bond donors (Lipinski definition) is 2. The van der Waals surface area contributed by atoms with Crippen LogP contribution < -0.4 is 10.1 Å². The van der Waals surface area contributed by atoms with Crippen LogP contribution in [0.5, 0.6) is 11.5 Å². The molecule has 1 spiro atoms. The molecular formula is C34H50N2O7. The predicted octanol–water partition coefficient (Wildman–Crippen LogP) is 4.26. The van der Waals surface area contributed by atoms with E-state index in [4.69, 9.17) is 18.9 Å². The Hall–Kier alpha value is -2.36. The van der Waals surface area contributed by atoms with Gasteiger partial charge in [0, 0.05) is 49.1 Å². The zero-order valence-corrected chi connectivity index (χ0v) is 26.9. The average Bonchev–Trinajstić information content (AvgIpc) is 3.56. The van der Waals surface area contributed by atoms with Crippen LogP contribution in [0.4, 0.5) is 0 Å². The summed E-state index contributed by atoms with van der Waals surface area (Å²) in [5, 5.41) is 14.6. The lowest BCUT2D eigenvalue weighted by Crippen LogP contribution is -2.69. The summed E-state index contributed by atoms with van der Waals surface area (Å²) in [5.74, 6) is 1.11. The Morgan fingerprint density at radius 3 is 2.56 bits per heavy atom. The number of likely N-dealkylation sites (tertiary alicyclic amines) is 1. The number of hydrogen-bond acceptors (Lipinski definition) is 9. The van der Waals surface area contributed by atoms with Gasteiger partial charge >= 0.3 is 11.9 Å². The number of carbonyl (C=O) groups is 2. The number of piperidine rings is 1. The number of benzene rings is 1. The number of esters is 2. The highest BCUT2D eigenvalue weighted by Crippen LogP contribution is 2.64. The van der Waals surface area contributed by atoms with Crippen LogP contribution in [0.2, 0.25) is 0 Å². The van der Waals surface area contributed by atoms with E-state index < -0.39 is 17.2 Å². The lowest BCUT2D eigenvalue weighted by atomic mass is 9.51. The third-order valence-corrected chi connectivity index (χ3v) is 10.2. The van der Waals surface area contributed by atoms with Crippen LogP contribution in [0.3, 0.4) is 0 Å². The molecule has 9 nitrogen and oxygen atoms in total. The van der Waals surface area contributed by atoms with Crippen molar-refractivity contribution in [3.05, 3.63) is 23.3 Å². The third kappa shape index (κ3) is 5.77. The van der Waals surface area contributed by atoms with Gasteiger partial charge in [0.15, 0.2) is 11.5 Å². The first-order valence-corrected chi connectivity index (χ1v) is 16.2. The number of rotatable bonds is 9. The number of phenols is 1. The highest BCUT2D eigenvalue weighted by atomic mass is 16.6. The molecule has 0 radical (unpaired) electrons. The van der Waals surface area contributed by atoms with Crippen LogP contribution in [0, 0.1) is 11.8 Å². The number of carbonyl (C=O) groups excluding carboxylic acids is 2. The van der Waals surface area contributed by atoms with Crippen molar-refractivity contribution in [3.8, 4) is 11.5 Å². The van der Waals surface area contributed by atoms with E-state index in [9.17, 15) is 14.7 Å². The van der Waals surface area contributed by atoms with Gasteiger partial charge in [-0.15, -0.1) is 0 Å². The molecule has 0 amide bonds. The van der Waals surface area contributed by atoms with Crippen LogP contribution in [-0.2, 0) is 35.6 Å². The molecular weight excluding hydrogens is 548 g/mol. The van der Waals surface area contributed by atoms with Gasteiger partial charge in [-0.25, -0.2) is 0 Å². The number of nitrogens with zero attached hydrogens (tertiary/aromatic N) is 1. The summed E-state index contributed by atoms with van der Waals surface area (Å²) in [6.45, 7) is 13.1. The summed E-state index contributed by atoms with van der Waals surface area (Å²) in [4.78, 5) is 28.8. The van der Waals surface area contributed by atoms with Crippen molar-refractivity contribution < 1.29 is 33.6 Å². The first-order chi connectivity index (χ1) is 20.2. The molecule has 6 rings (SSSR count). The van der Waals surface area contributed by atoms with Crippen LogP contribution >= 0.6 is 0 Å². The molecule has 2 bridgehead atoms. The van der Waals surface area contributed by atoms with E-state index in [0.29, 0.717) is 29.7 Å². The monoisotopic (exact) mass is 598 g/mol. The van der Waals surface area contributed by atoms with E-state index in [0.717, 1.165) is 45.2 Å². The van der Waals surface area contributed by atoms with Gasteiger partial charge in [0.2, 0.25) is 0 Å². The van der Waals surface area contributed by atoms with E-state index in [1.165, 1.54) is 11.1 Å². The zero-order chi connectivity index (χ0) is 30.9. The fourth-order valence-corrected chi connectivity index (χ4v) is 8.58. The Kier molecular flexibility index (Phi) is 7.78. The molecule has 238 valence electrons. The van der Waals surface area contributed by atoms with Crippen molar-refractivity contribution >= 4 is 11.9 Å². The van der Waals surface area contributed by atoms with Crippen LogP contribution in [0.15, 0.2) is 12.1 Å². The van der Waals surface area contributed by atoms with Gasteiger partial charge in [-0.05, 0) is 104 Å². The largest absolute Gasteiger partial charge is 0.504 e. The lowest BCUT2D eigenvalue weighted by Gasteiger charge is -2.60. The number of nitrogens with one attached hydrogen (secondary N) is 1. The number of ether oxygens (including phenoxy) is 4. The van der Waals surface area contributed by atoms with E-state index in [2.05, 4.69) is 16.3 Å². The van der Waals surface area contributed by atoms with Crippen LogP contribution in [0.1, 0.15) is 91.2 Å². The molecule has 3 aliphatic carbocycles. The third-order valence-electron chi connectivity index (χ3n) is 10.2. The molecule has 9 heteroatoms. The second-order valence-corrected chi connectivity index (χ2v) is 15.5. The minimum Gasteiger partial charge on any atom is -0.504 e. The predicted molar refractivity (Wildman–Crippen MR) is 161 cm³/mol. The molecule has 8 atom stereocenters. The molecule has 5 aliphatic rings. The maximum absolute atomic E-state index is 13.5. The Bertz CT molecular complexity index is 1250. The topological polar surface area (TPSA) is 107 Å². The first kappa shape index (κ1) is 30.7.